The summed E-state index contributed by atoms with van der Waals surface area (Å²) in [5.41, 5.74) is 1.15. The second-order valence-electron chi connectivity index (χ2n) is 1.96. The van der Waals surface area contributed by atoms with Crippen molar-refractivity contribution in [2.24, 2.45) is 0 Å². The first-order valence-electron chi connectivity index (χ1n) is 3.15. The Labute approximate surface area is 60.9 Å². The second-order valence-corrected chi connectivity index (χ2v) is 1.96. The van der Waals surface area contributed by atoms with Gasteiger partial charge in [0.05, 0.1) is 7.11 Å². The van der Waals surface area contributed by atoms with Crippen LogP contribution in [0.2, 0.25) is 0 Å². The fourth-order valence-electron chi connectivity index (χ4n) is 0.718. The zero-order valence-corrected chi connectivity index (χ0v) is 6.00. The topological polar surface area (TPSA) is 22.1 Å². The van der Waals surface area contributed by atoms with Crippen LogP contribution in [0.1, 0.15) is 5.56 Å². The molecular formula is C8H10NO. The smallest absolute Gasteiger partial charge is 0.213 e. The highest BCUT2D eigenvalue weighted by Crippen LogP contribution is 2.07. The van der Waals surface area contributed by atoms with Gasteiger partial charge in [-0.2, -0.15) is 0 Å². The van der Waals surface area contributed by atoms with Crippen LogP contribution in [0.15, 0.2) is 18.3 Å². The minimum Gasteiger partial charge on any atom is -0.481 e. The maximum absolute atomic E-state index is 4.92. The van der Waals surface area contributed by atoms with E-state index < -0.39 is 0 Å². The van der Waals surface area contributed by atoms with Gasteiger partial charge in [0.1, 0.15) is 0 Å². The standard InChI is InChI=1S/C8H10NO/c1-3-7-4-5-9-8(6-7)10-2/h4-6H,1,3H2,2H3. The Bertz CT molecular complexity index is 191. The Morgan fingerprint density at radius 2 is 2.50 bits per heavy atom. The van der Waals surface area contributed by atoms with E-state index in [0.29, 0.717) is 5.88 Å². The summed E-state index contributed by atoms with van der Waals surface area (Å²) in [5.74, 6) is 0.654. The molecule has 2 nitrogen and oxygen atoms in total. The summed E-state index contributed by atoms with van der Waals surface area (Å²) >= 11 is 0. The molecule has 1 heterocycles. The Balaban J connectivity index is 2.87. The number of rotatable bonds is 2. The number of methoxy groups -OCH3 is 1. The molecule has 0 saturated heterocycles. The quantitative estimate of drug-likeness (QED) is 0.614. The van der Waals surface area contributed by atoms with Crippen molar-refractivity contribution in [3.05, 3.63) is 30.8 Å². The molecule has 0 spiro atoms. The first kappa shape index (κ1) is 7.06. The maximum atomic E-state index is 4.92. The molecule has 0 aromatic carbocycles. The van der Waals surface area contributed by atoms with Crippen LogP contribution >= 0.6 is 0 Å². The molecule has 0 fully saturated rings. The van der Waals surface area contributed by atoms with Crippen molar-refractivity contribution >= 4 is 0 Å². The van der Waals surface area contributed by atoms with Crippen LogP contribution in [-0.2, 0) is 6.42 Å². The Morgan fingerprint density at radius 3 is 3.10 bits per heavy atom. The predicted octanol–water partition coefficient (Wildman–Crippen LogP) is 1.47. The first-order valence-corrected chi connectivity index (χ1v) is 3.15. The highest BCUT2D eigenvalue weighted by molar-refractivity contribution is 5.20. The van der Waals surface area contributed by atoms with Crippen LogP contribution in [0, 0.1) is 6.92 Å². The highest BCUT2D eigenvalue weighted by Gasteiger charge is 1.92. The lowest BCUT2D eigenvalue weighted by molar-refractivity contribution is 0.397. The monoisotopic (exact) mass is 136 g/mol. The zero-order valence-electron chi connectivity index (χ0n) is 6.00. The minimum atomic E-state index is 0.654. The van der Waals surface area contributed by atoms with Crippen molar-refractivity contribution in [3.63, 3.8) is 0 Å². The molecular weight excluding hydrogens is 126 g/mol. The molecule has 0 N–H and O–H groups in total. The van der Waals surface area contributed by atoms with Crippen LogP contribution < -0.4 is 4.74 Å². The molecule has 1 rings (SSSR count). The molecule has 0 aliphatic rings. The van der Waals surface area contributed by atoms with E-state index in [9.17, 15) is 0 Å². The molecule has 0 aliphatic heterocycles. The molecule has 0 atom stereocenters. The summed E-state index contributed by atoms with van der Waals surface area (Å²) in [4.78, 5) is 3.96. The van der Waals surface area contributed by atoms with Gasteiger partial charge in [0.2, 0.25) is 5.88 Å². The lowest BCUT2D eigenvalue weighted by Gasteiger charge is -1.98. The van der Waals surface area contributed by atoms with E-state index in [2.05, 4.69) is 11.9 Å². The van der Waals surface area contributed by atoms with Gasteiger partial charge in [-0.3, -0.25) is 0 Å². The van der Waals surface area contributed by atoms with Crippen LogP contribution in [0.4, 0.5) is 0 Å². The normalized spacial score (nSPS) is 9.40. The van der Waals surface area contributed by atoms with Gasteiger partial charge in [-0.15, -0.1) is 0 Å². The molecule has 53 valence electrons. The number of ether oxygens (including phenoxy) is 1. The van der Waals surface area contributed by atoms with E-state index in [-0.39, 0.29) is 0 Å². The van der Waals surface area contributed by atoms with E-state index in [4.69, 9.17) is 4.74 Å². The van der Waals surface area contributed by atoms with Gasteiger partial charge in [-0.25, -0.2) is 4.98 Å². The molecule has 0 aliphatic carbocycles. The number of aromatic nitrogens is 1. The summed E-state index contributed by atoms with van der Waals surface area (Å²) < 4.78 is 4.92. The molecule has 0 saturated carbocycles. The Hall–Kier alpha value is -1.05. The van der Waals surface area contributed by atoms with Gasteiger partial charge in [-0.1, -0.05) is 0 Å². The molecule has 1 aromatic heterocycles. The number of nitrogens with zero attached hydrogens (tertiary/aromatic N) is 1. The van der Waals surface area contributed by atoms with Crippen LogP contribution in [0.5, 0.6) is 5.88 Å². The van der Waals surface area contributed by atoms with Crippen LogP contribution in [0.25, 0.3) is 0 Å². The van der Waals surface area contributed by atoms with E-state index >= 15 is 0 Å². The van der Waals surface area contributed by atoms with E-state index in [1.54, 1.807) is 13.3 Å². The summed E-state index contributed by atoms with van der Waals surface area (Å²) in [7, 11) is 1.61. The third-order valence-corrected chi connectivity index (χ3v) is 1.30. The zero-order chi connectivity index (χ0) is 7.40. The number of pyridine rings is 1. The number of hydrogen-bond acceptors (Lipinski definition) is 2. The van der Waals surface area contributed by atoms with Gasteiger partial charge in [0.15, 0.2) is 0 Å². The van der Waals surface area contributed by atoms with E-state index in [1.165, 1.54) is 0 Å². The minimum absolute atomic E-state index is 0.654. The molecule has 1 aromatic rings. The number of hydrogen-bond donors (Lipinski definition) is 0. The van der Waals surface area contributed by atoms with Gasteiger partial charge in [0.25, 0.3) is 0 Å². The summed E-state index contributed by atoms with van der Waals surface area (Å²) in [6, 6.07) is 3.81. The summed E-state index contributed by atoms with van der Waals surface area (Å²) in [6.45, 7) is 3.75. The highest BCUT2D eigenvalue weighted by atomic mass is 16.5. The fraction of sp³-hybridized carbons (Fsp3) is 0.250. The molecule has 1 radical (unpaired) electrons. The van der Waals surface area contributed by atoms with Gasteiger partial charge in [0, 0.05) is 12.3 Å². The lowest BCUT2D eigenvalue weighted by atomic mass is 10.2. The third kappa shape index (κ3) is 1.47. The first-order chi connectivity index (χ1) is 4.86. The lowest BCUT2D eigenvalue weighted by Crippen LogP contribution is -1.88. The summed E-state index contributed by atoms with van der Waals surface area (Å²) in [5, 5.41) is 0. The van der Waals surface area contributed by atoms with E-state index in [0.717, 1.165) is 12.0 Å². The average molecular weight is 136 g/mol. The Morgan fingerprint density at radius 1 is 1.70 bits per heavy atom. The molecule has 2 heteroatoms. The predicted molar refractivity (Wildman–Crippen MR) is 39.9 cm³/mol. The summed E-state index contributed by atoms with van der Waals surface area (Å²) in [6.07, 6.45) is 2.50. The maximum Gasteiger partial charge on any atom is 0.213 e. The van der Waals surface area contributed by atoms with Crippen molar-refractivity contribution in [2.75, 3.05) is 7.11 Å². The van der Waals surface area contributed by atoms with E-state index in [1.807, 2.05) is 12.1 Å². The van der Waals surface area contributed by atoms with Crippen molar-refractivity contribution in [3.8, 4) is 5.88 Å². The third-order valence-electron chi connectivity index (χ3n) is 1.30. The van der Waals surface area contributed by atoms with Gasteiger partial charge in [-0.05, 0) is 25.0 Å². The van der Waals surface area contributed by atoms with Crippen molar-refractivity contribution < 1.29 is 4.74 Å². The molecule has 0 amide bonds. The van der Waals surface area contributed by atoms with Crippen molar-refractivity contribution in [1.29, 1.82) is 0 Å². The SMILES string of the molecule is [CH2]Cc1ccnc(OC)c1. The molecule has 0 unspecified atom stereocenters. The van der Waals surface area contributed by atoms with Crippen molar-refractivity contribution in [1.82, 2.24) is 4.98 Å². The van der Waals surface area contributed by atoms with Crippen LogP contribution in [0.3, 0.4) is 0 Å². The fourth-order valence-corrected chi connectivity index (χ4v) is 0.718. The largest absolute Gasteiger partial charge is 0.481 e. The molecule has 0 bridgehead atoms. The van der Waals surface area contributed by atoms with Crippen molar-refractivity contribution in [2.45, 2.75) is 6.42 Å². The molecule has 10 heavy (non-hydrogen) atoms. The van der Waals surface area contributed by atoms with Gasteiger partial charge >= 0.3 is 0 Å². The van der Waals surface area contributed by atoms with Gasteiger partial charge < -0.3 is 4.74 Å². The second kappa shape index (κ2) is 3.20. The average Bonchev–Trinajstić information content (AvgIpc) is 2.05. The van der Waals surface area contributed by atoms with Crippen LogP contribution in [-0.4, -0.2) is 12.1 Å². The Kier molecular flexibility index (Phi) is 2.26.